The molecule has 0 atom stereocenters. The second kappa shape index (κ2) is 6.91. The molecule has 4 rings (SSSR count). The monoisotopic (exact) mass is 562 g/mol. The van der Waals surface area contributed by atoms with Gasteiger partial charge in [-0.05, 0) is 46.9 Å². The Bertz CT molecular complexity index is 1220. The molecule has 6 nitrogen and oxygen atoms in total. The Balaban J connectivity index is 2.01. The van der Waals surface area contributed by atoms with Crippen molar-refractivity contribution in [1.29, 1.82) is 0 Å². The Morgan fingerprint density at radius 3 is 2.77 bits per heavy atom. The van der Waals surface area contributed by atoms with E-state index < -0.39 is 5.63 Å². The van der Waals surface area contributed by atoms with Crippen LogP contribution in [0, 0.1) is 3.70 Å². The van der Waals surface area contributed by atoms with Crippen LogP contribution in [0.1, 0.15) is 0 Å². The van der Waals surface area contributed by atoms with Crippen molar-refractivity contribution in [3.05, 3.63) is 65.2 Å². The molecule has 0 unspecified atom stereocenters. The molecule has 3 heterocycles. The van der Waals surface area contributed by atoms with Gasteiger partial charge in [-0.2, -0.15) is 5.10 Å². The molecular formula is C16H6BrCl2IN4O2. The highest BCUT2D eigenvalue weighted by Crippen LogP contribution is 2.29. The number of fused-ring (bicyclic) bond motifs is 1. The maximum atomic E-state index is 12.4. The van der Waals surface area contributed by atoms with E-state index in [1.807, 2.05) is 22.6 Å². The third-order valence-electron chi connectivity index (χ3n) is 3.49. The van der Waals surface area contributed by atoms with Crippen molar-refractivity contribution in [1.82, 2.24) is 19.7 Å². The summed E-state index contributed by atoms with van der Waals surface area (Å²) < 4.78 is 8.22. The van der Waals surface area contributed by atoms with Crippen LogP contribution >= 0.6 is 61.7 Å². The first kappa shape index (κ1) is 17.9. The second-order valence-corrected chi connectivity index (χ2v) is 8.00. The molecule has 0 saturated heterocycles. The first-order valence-corrected chi connectivity index (χ1v) is 9.73. The van der Waals surface area contributed by atoms with Gasteiger partial charge in [0.15, 0.2) is 5.82 Å². The third kappa shape index (κ3) is 3.15. The van der Waals surface area contributed by atoms with Gasteiger partial charge in [0.1, 0.15) is 14.9 Å². The SMILES string of the molecule is O=c1oc(-c2cc(I)nn2-c2ncccc2Cl)nc2c(Cl)cc(Br)cc12. The highest BCUT2D eigenvalue weighted by molar-refractivity contribution is 14.1. The predicted molar refractivity (Wildman–Crippen MR) is 111 cm³/mol. The largest absolute Gasteiger partial charge is 0.401 e. The fraction of sp³-hybridized carbons (Fsp3) is 0. The molecule has 0 bridgehead atoms. The standard InChI is InChI=1S/C16H6BrCl2IN4O2/c17-7-4-8-13(10(19)5-7)22-15(26-16(8)25)11-6-12(20)23-24(11)14-9(18)2-1-3-21-14/h1-6H. The lowest BCUT2D eigenvalue weighted by Gasteiger charge is -2.07. The molecule has 1 aromatic carbocycles. The molecule has 0 aliphatic heterocycles. The molecule has 0 N–H and O–H groups in total. The van der Waals surface area contributed by atoms with Crippen LogP contribution in [-0.2, 0) is 0 Å². The van der Waals surface area contributed by atoms with Crippen LogP contribution in [0.5, 0.6) is 0 Å². The van der Waals surface area contributed by atoms with Crippen molar-refractivity contribution in [2.75, 3.05) is 0 Å². The fourth-order valence-electron chi connectivity index (χ4n) is 2.41. The van der Waals surface area contributed by atoms with Gasteiger partial charge < -0.3 is 4.42 Å². The van der Waals surface area contributed by atoms with Crippen LogP contribution < -0.4 is 5.63 Å². The van der Waals surface area contributed by atoms with Crippen molar-refractivity contribution in [2.24, 2.45) is 0 Å². The summed E-state index contributed by atoms with van der Waals surface area (Å²) in [5.41, 5.74) is 0.229. The molecule has 26 heavy (non-hydrogen) atoms. The third-order valence-corrected chi connectivity index (χ3v) is 5.06. The summed E-state index contributed by atoms with van der Waals surface area (Å²) in [4.78, 5) is 21.1. The molecule has 0 radical (unpaired) electrons. The quantitative estimate of drug-likeness (QED) is 0.317. The lowest BCUT2D eigenvalue weighted by atomic mass is 10.2. The van der Waals surface area contributed by atoms with Crippen LogP contribution in [0.4, 0.5) is 0 Å². The van der Waals surface area contributed by atoms with Gasteiger partial charge in [0.05, 0.1) is 15.4 Å². The Morgan fingerprint density at radius 2 is 2.00 bits per heavy atom. The number of pyridine rings is 1. The van der Waals surface area contributed by atoms with Gasteiger partial charge in [-0.1, -0.05) is 39.1 Å². The number of hydrogen-bond acceptors (Lipinski definition) is 5. The Morgan fingerprint density at radius 1 is 1.19 bits per heavy atom. The first-order valence-electron chi connectivity index (χ1n) is 7.11. The summed E-state index contributed by atoms with van der Waals surface area (Å²) in [5.74, 6) is 0.474. The lowest BCUT2D eigenvalue weighted by Crippen LogP contribution is -2.07. The zero-order valence-corrected chi connectivity index (χ0v) is 17.8. The van der Waals surface area contributed by atoms with E-state index in [4.69, 9.17) is 27.6 Å². The predicted octanol–water partition coefficient (Wildman–Crippen LogP) is 5.11. The molecule has 130 valence electrons. The maximum absolute atomic E-state index is 12.4. The lowest BCUT2D eigenvalue weighted by molar-refractivity contribution is 0.513. The van der Waals surface area contributed by atoms with Gasteiger partial charge in [-0.15, -0.1) is 0 Å². The van der Waals surface area contributed by atoms with Gasteiger partial charge in [-0.3, -0.25) is 0 Å². The van der Waals surface area contributed by atoms with Crippen LogP contribution in [0.25, 0.3) is 28.3 Å². The number of aromatic nitrogens is 4. The topological polar surface area (TPSA) is 73.8 Å². The summed E-state index contributed by atoms with van der Waals surface area (Å²) in [5, 5.41) is 5.40. The first-order chi connectivity index (χ1) is 12.4. The highest BCUT2D eigenvalue weighted by Gasteiger charge is 2.19. The van der Waals surface area contributed by atoms with Crippen molar-refractivity contribution in [2.45, 2.75) is 0 Å². The van der Waals surface area contributed by atoms with E-state index in [9.17, 15) is 4.79 Å². The zero-order valence-electron chi connectivity index (χ0n) is 12.6. The minimum absolute atomic E-state index is 0.0730. The molecule has 0 spiro atoms. The van der Waals surface area contributed by atoms with E-state index in [0.29, 0.717) is 35.2 Å². The van der Waals surface area contributed by atoms with Gasteiger partial charge in [0, 0.05) is 16.7 Å². The van der Waals surface area contributed by atoms with E-state index in [2.05, 4.69) is 31.0 Å². The van der Waals surface area contributed by atoms with Crippen molar-refractivity contribution in [3.8, 4) is 17.4 Å². The molecule has 0 aliphatic rings. The van der Waals surface area contributed by atoms with Crippen LogP contribution in [0.3, 0.4) is 0 Å². The molecule has 0 saturated carbocycles. The van der Waals surface area contributed by atoms with Crippen LogP contribution in [0.2, 0.25) is 10.0 Å². The second-order valence-electron chi connectivity index (χ2n) is 5.16. The molecular weight excluding hydrogens is 558 g/mol. The summed E-state index contributed by atoms with van der Waals surface area (Å²) in [6.07, 6.45) is 1.60. The van der Waals surface area contributed by atoms with Crippen LogP contribution in [0.15, 0.2) is 50.2 Å². The maximum Gasteiger partial charge on any atom is 0.347 e. The molecule has 0 aliphatic carbocycles. The Labute approximate surface area is 178 Å². The molecule has 0 amide bonds. The molecule has 4 aromatic rings. The summed E-state index contributed by atoms with van der Waals surface area (Å²) in [6.45, 7) is 0. The average molecular weight is 564 g/mol. The number of benzene rings is 1. The highest BCUT2D eigenvalue weighted by atomic mass is 127. The van der Waals surface area contributed by atoms with Gasteiger partial charge >= 0.3 is 5.63 Å². The van der Waals surface area contributed by atoms with Crippen molar-refractivity contribution >= 4 is 72.6 Å². The van der Waals surface area contributed by atoms with Gasteiger partial charge in [0.25, 0.3) is 0 Å². The van der Waals surface area contributed by atoms with Crippen molar-refractivity contribution < 1.29 is 4.42 Å². The average Bonchev–Trinajstić information content (AvgIpc) is 2.97. The van der Waals surface area contributed by atoms with E-state index >= 15 is 0 Å². The fourth-order valence-corrected chi connectivity index (χ4v) is 3.97. The molecule has 10 heteroatoms. The minimum atomic E-state index is -0.553. The van der Waals surface area contributed by atoms with Crippen molar-refractivity contribution in [3.63, 3.8) is 0 Å². The van der Waals surface area contributed by atoms with E-state index in [-0.39, 0.29) is 11.3 Å². The van der Waals surface area contributed by atoms with Gasteiger partial charge in [0.2, 0.25) is 5.89 Å². The van der Waals surface area contributed by atoms with E-state index in [1.165, 1.54) is 4.68 Å². The normalized spacial score (nSPS) is 11.2. The Hall–Kier alpha value is -1.49. The smallest absolute Gasteiger partial charge is 0.347 e. The summed E-state index contributed by atoms with van der Waals surface area (Å²) in [7, 11) is 0. The number of nitrogens with zero attached hydrogens (tertiary/aromatic N) is 4. The number of hydrogen-bond donors (Lipinski definition) is 0. The Kier molecular flexibility index (Phi) is 4.76. The van der Waals surface area contributed by atoms with E-state index in [1.54, 1.807) is 36.5 Å². The minimum Gasteiger partial charge on any atom is -0.401 e. The number of rotatable bonds is 2. The number of halogens is 4. The van der Waals surface area contributed by atoms with E-state index in [0.717, 1.165) is 0 Å². The summed E-state index contributed by atoms with van der Waals surface area (Å²) in [6, 6.07) is 8.40. The van der Waals surface area contributed by atoms with Crippen LogP contribution in [-0.4, -0.2) is 19.7 Å². The van der Waals surface area contributed by atoms with Gasteiger partial charge in [-0.25, -0.2) is 19.4 Å². The molecule has 3 aromatic heterocycles. The summed E-state index contributed by atoms with van der Waals surface area (Å²) >= 11 is 17.8. The zero-order chi connectivity index (χ0) is 18.4. The molecule has 0 fully saturated rings.